The summed E-state index contributed by atoms with van der Waals surface area (Å²) in [5.74, 6) is -0.118. The molecule has 1 aliphatic carbocycles. The Hall–Kier alpha value is -3.34. The zero-order valence-electron chi connectivity index (χ0n) is 18.9. The number of esters is 1. The number of carbonyl (C=O) groups excluding carboxylic acids is 2. The molecule has 3 aromatic rings. The highest BCUT2D eigenvalue weighted by Crippen LogP contribution is 2.39. The van der Waals surface area contributed by atoms with Crippen molar-refractivity contribution in [1.29, 1.82) is 5.26 Å². The molecule has 2 aromatic heterocycles. The van der Waals surface area contributed by atoms with Crippen molar-refractivity contribution in [3.63, 3.8) is 0 Å². The van der Waals surface area contributed by atoms with E-state index in [1.54, 1.807) is 31.2 Å². The number of furan rings is 1. The maximum Gasteiger partial charge on any atom is 0.341 e. The standard InChI is InChI=1S/C26H23ClN2O4S/c1-3-32-26(31)23-19-6-4-5-7-22(19)34-25(23)29-24(30)16(14-28)12-18-10-11-21(33-18)20-13-17(27)9-8-15(20)2/h8-13H,3-7H2,1-2H3,(H,29,30)/b16-12+. The lowest BCUT2D eigenvalue weighted by Gasteiger charge is -2.12. The van der Waals surface area contributed by atoms with Crippen molar-refractivity contribution < 1.29 is 18.7 Å². The van der Waals surface area contributed by atoms with Crippen LogP contribution in [0.15, 0.2) is 40.3 Å². The minimum absolute atomic E-state index is 0.134. The zero-order valence-corrected chi connectivity index (χ0v) is 20.4. The van der Waals surface area contributed by atoms with E-state index in [4.69, 9.17) is 20.8 Å². The Labute approximate surface area is 206 Å². The molecule has 1 aromatic carbocycles. The second-order valence-corrected chi connectivity index (χ2v) is 9.46. The lowest BCUT2D eigenvalue weighted by Crippen LogP contribution is -2.16. The first-order valence-electron chi connectivity index (χ1n) is 11.0. The highest BCUT2D eigenvalue weighted by Gasteiger charge is 2.28. The fourth-order valence-corrected chi connectivity index (χ4v) is 5.41. The van der Waals surface area contributed by atoms with E-state index in [2.05, 4.69) is 5.32 Å². The minimum atomic E-state index is -0.608. The summed E-state index contributed by atoms with van der Waals surface area (Å²) in [6, 6.07) is 10.9. The minimum Gasteiger partial charge on any atom is -0.462 e. The first-order valence-corrected chi connectivity index (χ1v) is 12.2. The number of anilines is 1. The predicted molar refractivity (Wildman–Crippen MR) is 133 cm³/mol. The molecular weight excluding hydrogens is 472 g/mol. The van der Waals surface area contributed by atoms with Crippen molar-refractivity contribution >= 4 is 45.9 Å². The molecule has 34 heavy (non-hydrogen) atoms. The van der Waals surface area contributed by atoms with Crippen LogP contribution in [0.5, 0.6) is 0 Å². The summed E-state index contributed by atoms with van der Waals surface area (Å²) in [6.45, 7) is 3.93. The summed E-state index contributed by atoms with van der Waals surface area (Å²) in [7, 11) is 0. The van der Waals surface area contributed by atoms with Crippen molar-refractivity contribution in [2.24, 2.45) is 0 Å². The van der Waals surface area contributed by atoms with Gasteiger partial charge in [0.15, 0.2) is 0 Å². The van der Waals surface area contributed by atoms with E-state index < -0.39 is 11.9 Å². The summed E-state index contributed by atoms with van der Waals surface area (Å²) in [5, 5.41) is 13.4. The van der Waals surface area contributed by atoms with Gasteiger partial charge in [0, 0.05) is 21.5 Å². The molecule has 1 aliphatic rings. The highest BCUT2D eigenvalue weighted by molar-refractivity contribution is 7.17. The number of fused-ring (bicyclic) bond motifs is 1. The molecule has 4 rings (SSSR count). The Bertz CT molecular complexity index is 1330. The first-order chi connectivity index (χ1) is 16.4. The number of carbonyl (C=O) groups is 2. The number of nitrogens with one attached hydrogen (secondary N) is 1. The molecule has 174 valence electrons. The van der Waals surface area contributed by atoms with E-state index in [0.717, 1.165) is 47.3 Å². The summed E-state index contributed by atoms with van der Waals surface area (Å²) in [4.78, 5) is 26.7. The number of rotatable bonds is 6. The average molecular weight is 495 g/mol. The van der Waals surface area contributed by atoms with Gasteiger partial charge in [-0.15, -0.1) is 11.3 Å². The Kier molecular flexibility index (Phi) is 7.20. The number of thiophene rings is 1. The maximum atomic E-state index is 13.0. The fourth-order valence-electron chi connectivity index (χ4n) is 3.97. The smallest absolute Gasteiger partial charge is 0.341 e. The first kappa shape index (κ1) is 23.8. The monoisotopic (exact) mass is 494 g/mol. The summed E-state index contributed by atoms with van der Waals surface area (Å²) < 4.78 is 11.1. The molecule has 6 nitrogen and oxygen atoms in total. The summed E-state index contributed by atoms with van der Waals surface area (Å²) >= 11 is 7.49. The Morgan fingerprint density at radius 3 is 2.82 bits per heavy atom. The number of hydrogen-bond acceptors (Lipinski definition) is 6. The molecule has 0 unspecified atom stereocenters. The number of nitriles is 1. The molecular formula is C26H23ClN2O4S. The molecule has 0 atom stereocenters. The third-order valence-electron chi connectivity index (χ3n) is 5.62. The third kappa shape index (κ3) is 4.93. The van der Waals surface area contributed by atoms with Crippen molar-refractivity contribution in [2.75, 3.05) is 11.9 Å². The SMILES string of the molecule is CCOC(=O)c1c(NC(=O)/C(C#N)=C/c2ccc(-c3cc(Cl)ccc3C)o2)sc2c1CCCC2. The molecule has 1 amide bonds. The van der Waals surface area contributed by atoms with Crippen molar-refractivity contribution in [1.82, 2.24) is 0 Å². The van der Waals surface area contributed by atoms with Crippen LogP contribution in [0.2, 0.25) is 5.02 Å². The van der Waals surface area contributed by atoms with Gasteiger partial charge in [-0.25, -0.2) is 4.79 Å². The van der Waals surface area contributed by atoms with Crippen molar-refractivity contribution in [3.8, 4) is 17.4 Å². The lowest BCUT2D eigenvalue weighted by atomic mass is 9.95. The molecule has 2 heterocycles. The molecule has 0 aliphatic heterocycles. The molecule has 0 saturated heterocycles. The molecule has 0 saturated carbocycles. The van der Waals surface area contributed by atoms with Crippen molar-refractivity contribution in [3.05, 3.63) is 68.3 Å². The topological polar surface area (TPSA) is 92.3 Å². The number of hydrogen-bond donors (Lipinski definition) is 1. The summed E-state index contributed by atoms with van der Waals surface area (Å²) in [5.41, 5.74) is 3.04. The molecule has 0 bridgehead atoms. The second kappa shape index (κ2) is 10.3. The Morgan fingerprint density at radius 1 is 1.26 bits per heavy atom. The van der Waals surface area contributed by atoms with Crippen LogP contribution >= 0.6 is 22.9 Å². The van der Waals surface area contributed by atoms with Gasteiger partial charge in [0.05, 0.1) is 12.2 Å². The Balaban J connectivity index is 1.61. The van der Waals surface area contributed by atoms with Gasteiger partial charge < -0.3 is 14.5 Å². The fraction of sp³-hybridized carbons (Fsp3) is 0.269. The van der Waals surface area contributed by atoms with E-state index in [-0.39, 0.29) is 12.2 Å². The van der Waals surface area contributed by atoms with Crippen LogP contribution in [0.1, 0.15) is 51.9 Å². The van der Waals surface area contributed by atoms with Crippen molar-refractivity contribution in [2.45, 2.75) is 39.5 Å². The number of nitrogens with zero attached hydrogens (tertiary/aromatic N) is 1. The van der Waals surface area contributed by atoms with Crippen LogP contribution in [0.25, 0.3) is 17.4 Å². The van der Waals surface area contributed by atoms with Gasteiger partial charge in [0.25, 0.3) is 5.91 Å². The van der Waals surface area contributed by atoms with Crippen LogP contribution in [0.4, 0.5) is 5.00 Å². The van der Waals surface area contributed by atoms with Crippen LogP contribution < -0.4 is 5.32 Å². The van der Waals surface area contributed by atoms with E-state index in [1.807, 2.05) is 19.1 Å². The number of halogens is 1. The molecule has 0 fully saturated rings. The third-order valence-corrected chi connectivity index (χ3v) is 7.06. The van der Waals surface area contributed by atoms with E-state index in [1.165, 1.54) is 17.4 Å². The highest BCUT2D eigenvalue weighted by atomic mass is 35.5. The number of aryl methyl sites for hydroxylation is 2. The number of ether oxygens (including phenoxy) is 1. The zero-order chi connectivity index (χ0) is 24.2. The normalized spacial score (nSPS) is 13.2. The number of amides is 1. The van der Waals surface area contributed by atoms with Crippen LogP contribution in [0, 0.1) is 18.3 Å². The van der Waals surface area contributed by atoms with Crippen LogP contribution in [-0.4, -0.2) is 18.5 Å². The van der Waals surface area contributed by atoms with Gasteiger partial charge in [0.2, 0.25) is 0 Å². The van der Waals surface area contributed by atoms with E-state index >= 15 is 0 Å². The van der Waals surface area contributed by atoms with Gasteiger partial charge in [0.1, 0.15) is 28.2 Å². The average Bonchev–Trinajstić information content (AvgIpc) is 3.43. The van der Waals surface area contributed by atoms with Crippen LogP contribution in [0.3, 0.4) is 0 Å². The molecule has 0 spiro atoms. The summed E-state index contributed by atoms with van der Waals surface area (Å²) in [6.07, 6.45) is 5.05. The Morgan fingerprint density at radius 2 is 2.06 bits per heavy atom. The maximum absolute atomic E-state index is 13.0. The van der Waals surface area contributed by atoms with Gasteiger partial charge in [-0.3, -0.25) is 4.79 Å². The molecule has 0 radical (unpaired) electrons. The van der Waals surface area contributed by atoms with E-state index in [9.17, 15) is 14.9 Å². The van der Waals surface area contributed by atoms with Gasteiger partial charge >= 0.3 is 5.97 Å². The molecule has 1 N–H and O–H groups in total. The van der Waals surface area contributed by atoms with Gasteiger partial charge in [-0.05, 0) is 74.9 Å². The molecule has 8 heteroatoms. The largest absolute Gasteiger partial charge is 0.462 e. The number of benzene rings is 1. The second-order valence-electron chi connectivity index (χ2n) is 7.92. The quantitative estimate of drug-likeness (QED) is 0.237. The van der Waals surface area contributed by atoms with Gasteiger partial charge in [-0.2, -0.15) is 5.26 Å². The van der Waals surface area contributed by atoms with E-state index in [0.29, 0.717) is 27.1 Å². The van der Waals surface area contributed by atoms with Gasteiger partial charge in [-0.1, -0.05) is 17.7 Å². The van der Waals surface area contributed by atoms with Crippen LogP contribution in [-0.2, 0) is 22.4 Å². The lowest BCUT2D eigenvalue weighted by molar-refractivity contribution is -0.112. The predicted octanol–water partition coefficient (Wildman–Crippen LogP) is 6.57.